The van der Waals surface area contributed by atoms with Crippen LogP contribution in [-0.2, 0) is 0 Å². The molecule has 1 aromatic rings. The molecule has 21 heavy (non-hydrogen) atoms. The molecule has 0 aliphatic rings. The lowest BCUT2D eigenvalue weighted by Gasteiger charge is -2.24. The summed E-state index contributed by atoms with van der Waals surface area (Å²) in [6, 6.07) is 3.19. The molecule has 0 spiro atoms. The Bertz CT molecular complexity index is 394. The van der Waals surface area contributed by atoms with E-state index < -0.39 is 6.10 Å². The number of amides is 2. The SMILES string of the molecule is CC(C)CC(CN(C)C)NC(=O)NCC(O)c1ccco1. The molecule has 0 saturated carbocycles. The third-order valence-corrected chi connectivity index (χ3v) is 3.00. The average molecular weight is 297 g/mol. The van der Waals surface area contributed by atoms with Crippen molar-refractivity contribution in [3.05, 3.63) is 24.2 Å². The zero-order valence-corrected chi connectivity index (χ0v) is 13.3. The summed E-state index contributed by atoms with van der Waals surface area (Å²) in [5.74, 6) is 0.950. The molecule has 0 fully saturated rings. The number of nitrogens with one attached hydrogen (secondary N) is 2. The zero-order valence-electron chi connectivity index (χ0n) is 13.3. The van der Waals surface area contributed by atoms with Crippen LogP contribution < -0.4 is 10.6 Å². The molecule has 0 aromatic carbocycles. The first-order valence-corrected chi connectivity index (χ1v) is 7.29. The van der Waals surface area contributed by atoms with Gasteiger partial charge in [0.25, 0.3) is 0 Å². The van der Waals surface area contributed by atoms with E-state index in [1.165, 1.54) is 6.26 Å². The second-order valence-electron chi connectivity index (χ2n) is 5.97. The molecular weight excluding hydrogens is 270 g/mol. The Labute approximate surface area is 126 Å². The first-order valence-electron chi connectivity index (χ1n) is 7.29. The quantitative estimate of drug-likeness (QED) is 0.681. The first kappa shape index (κ1) is 17.5. The van der Waals surface area contributed by atoms with E-state index >= 15 is 0 Å². The fourth-order valence-electron chi connectivity index (χ4n) is 2.20. The van der Waals surface area contributed by atoms with Crippen molar-refractivity contribution in [2.75, 3.05) is 27.2 Å². The molecule has 1 aromatic heterocycles. The number of nitrogens with zero attached hydrogens (tertiary/aromatic N) is 1. The molecule has 0 radical (unpaired) electrons. The van der Waals surface area contributed by atoms with Crippen molar-refractivity contribution in [2.45, 2.75) is 32.4 Å². The van der Waals surface area contributed by atoms with Gasteiger partial charge in [-0.2, -0.15) is 0 Å². The molecule has 6 nitrogen and oxygen atoms in total. The third kappa shape index (κ3) is 7.15. The minimum absolute atomic E-state index is 0.0840. The van der Waals surface area contributed by atoms with E-state index in [1.54, 1.807) is 12.1 Å². The average Bonchev–Trinajstić information content (AvgIpc) is 2.88. The van der Waals surface area contributed by atoms with Gasteiger partial charge in [0.1, 0.15) is 11.9 Å². The molecule has 2 unspecified atom stereocenters. The van der Waals surface area contributed by atoms with Gasteiger partial charge in [-0.05, 0) is 38.6 Å². The van der Waals surface area contributed by atoms with E-state index in [-0.39, 0.29) is 18.6 Å². The largest absolute Gasteiger partial charge is 0.467 e. The molecule has 0 saturated heterocycles. The van der Waals surface area contributed by atoms with Crippen LogP contribution in [0.15, 0.2) is 22.8 Å². The van der Waals surface area contributed by atoms with E-state index in [0.717, 1.165) is 13.0 Å². The molecule has 2 amide bonds. The Hall–Kier alpha value is -1.53. The summed E-state index contributed by atoms with van der Waals surface area (Å²) < 4.78 is 5.09. The molecule has 6 heteroatoms. The van der Waals surface area contributed by atoms with Gasteiger partial charge < -0.3 is 25.1 Å². The Morgan fingerprint density at radius 3 is 2.67 bits per heavy atom. The summed E-state index contributed by atoms with van der Waals surface area (Å²) in [6.07, 6.45) is 1.57. The molecule has 120 valence electrons. The van der Waals surface area contributed by atoms with E-state index in [0.29, 0.717) is 11.7 Å². The lowest BCUT2D eigenvalue weighted by molar-refractivity contribution is 0.147. The minimum Gasteiger partial charge on any atom is -0.467 e. The van der Waals surface area contributed by atoms with Gasteiger partial charge >= 0.3 is 6.03 Å². The number of hydrogen-bond donors (Lipinski definition) is 3. The standard InChI is InChI=1S/C15H27N3O3/c1-11(2)8-12(10-18(3)4)17-15(20)16-9-13(19)14-6-5-7-21-14/h5-7,11-13,19H,8-10H2,1-4H3,(H2,16,17,20). The topological polar surface area (TPSA) is 77.7 Å². The predicted octanol–water partition coefficient (Wildman–Crippen LogP) is 1.59. The van der Waals surface area contributed by atoms with Crippen LogP contribution in [0.2, 0.25) is 0 Å². The van der Waals surface area contributed by atoms with Crippen molar-refractivity contribution in [1.82, 2.24) is 15.5 Å². The Balaban J connectivity index is 2.38. The maximum Gasteiger partial charge on any atom is 0.315 e. The van der Waals surface area contributed by atoms with Gasteiger partial charge in [-0.3, -0.25) is 0 Å². The molecule has 3 N–H and O–H groups in total. The van der Waals surface area contributed by atoms with Crippen LogP contribution in [0.4, 0.5) is 4.79 Å². The Morgan fingerprint density at radius 1 is 1.43 bits per heavy atom. The van der Waals surface area contributed by atoms with Gasteiger partial charge in [0, 0.05) is 12.6 Å². The van der Waals surface area contributed by atoms with Crippen LogP contribution in [-0.4, -0.2) is 49.3 Å². The molecule has 2 atom stereocenters. The summed E-state index contributed by atoms with van der Waals surface area (Å²) in [4.78, 5) is 14.0. The molecule has 0 aliphatic heterocycles. The highest BCUT2D eigenvalue weighted by Gasteiger charge is 2.16. The Morgan fingerprint density at radius 2 is 2.14 bits per heavy atom. The van der Waals surface area contributed by atoms with E-state index in [4.69, 9.17) is 4.42 Å². The van der Waals surface area contributed by atoms with Crippen LogP contribution in [0.3, 0.4) is 0 Å². The number of aliphatic hydroxyl groups excluding tert-OH is 1. The number of urea groups is 1. The van der Waals surface area contributed by atoms with Gasteiger partial charge in [-0.15, -0.1) is 0 Å². The number of carbonyl (C=O) groups excluding carboxylic acids is 1. The Kier molecular flexibility index (Phi) is 7.25. The summed E-state index contributed by atoms with van der Waals surface area (Å²) in [6.45, 7) is 5.16. The highest BCUT2D eigenvalue weighted by atomic mass is 16.4. The summed E-state index contributed by atoms with van der Waals surface area (Å²) in [7, 11) is 3.96. The smallest absolute Gasteiger partial charge is 0.315 e. The van der Waals surface area contributed by atoms with Gasteiger partial charge in [0.05, 0.1) is 12.8 Å². The van der Waals surface area contributed by atoms with Crippen molar-refractivity contribution < 1.29 is 14.3 Å². The second kappa shape index (κ2) is 8.69. The number of likely N-dealkylation sites (N-methyl/N-ethyl adjacent to an activating group) is 1. The van der Waals surface area contributed by atoms with Crippen LogP contribution in [0.25, 0.3) is 0 Å². The normalized spacial score (nSPS) is 14.2. The lowest BCUT2D eigenvalue weighted by atomic mass is 10.0. The summed E-state index contributed by atoms with van der Waals surface area (Å²) in [5, 5.41) is 15.5. The maximum atomic E-state index is 11.9. The van der Waals surface area contributed by atoms with Crippen molar-refractivity contribution in [3.8, 4) is 0 Å². The van der Waals surface area contributed by atoms with Crippen LogP contribution in [0, 0.1) is 5.92 Å². The maximum absolute atomic E-state index is 11.9. The highest BCUT2D eigenvalue weighted by Crippen LogP contribution is 2.11. The molecule has 1 heterocycles. The summed E-state index contributed by atoms with van der Waals surface area (Å²) in [5.41, 5.74) is 0. The monoisotopic (exact) mass is 297 g/mol. The van der Waals surface area contributed by atoms with Gasteiger partial charge in [0.2, 0.25) is 0 Å². The fraction of sp³-hybridized carbons (Fsp3) is 0.667. The summed E-state index contributed by atoms with van der Waals surface area (Å²) >= 11 is 0. The fourth-order valence-corrected chi connectivity index (χ4v) is 2.20. The number of furan rings is 1. The van der Waals surface area contributed by atoms with Crippen LogP contribution in [0.5, 0.6) is 0 Å². The number of aliphatic hydroxyl groups is 1. The second-order valence-corrected chi connectivity index (χ2v) is 5.97. The van der Waals surface area contributed by atoms with Crippen molar-refractivity contribution in [1.29, 1.82) is 0 Å². The zero-order chi connectivity index (χ0) is 15.8. The highest BCUT2D eigenvalue weighted by molar-refractivity contribution is 5.74. The van der Waals surface area contributed by atoms with E-state index in [1.807, 2.05) is 19.0 Å². The van der Waals surface area contributed by atoms with Crippen molar-refractivity contribution in [2.24, 2.45) is 5.92 Å². The predicted molar refractivity (Wildman–Crippen MR) is 82.0 cm³/mol. The minimum atomic E-state index is -0.830. The first-order chi connectivity index (χ1) is 9.88. The van der Waals surface area contributed by atoms with Crippen LogP contribution >= 0.6 is 0 Å². The van der Waals surface area contributed by atoms with E-state index in [2.05, 4.69) is 24.5 Å². The van der Waals surface area contributed by atoms with Gasteiger partial charge in [-0.1, -0.05) is 13.8 Å². The number of hydrogen-bond acceptors (Lipinski definition) is 4. The number of carbonyl (C=O) groups is 1. The molecule has 0 aliphatic carbocycles. The van der Waals surface area contributed by atoms with Gasteiger partial charge in [0.15, 0.2) is 0 Å². The molecule has 1 rings (SSSR count). The van der Waals surface area contributed by atoms with Crippen molar-refractivity contribution >= 4 is 6.03 Å². The van der Waals surface area contributed by atoms with Crippen LogP contribution in [0.1, 0.15) is 32.1 Å². The third-order valence-electron chi connectivity index (χ3n) is 3.00. The number of rotatable bonds is 8. The molecule has 0 bridgehead atoms. The van der Waals surface area contributed by atoms with E-state index in [9.17, 15) is 9.90 Å². The molecular formula is C15H27N3O3. The lowest BCUT2D eigenvalue weighted by Crippen LogP contribution is -2.47. The van der Waals surface area contributed by atoms with Crippen molar-refractivity contribution in [3.63, 3.8) is 0 Å². The van der Waals surface area contributed by atoms with Gasteiger partial charge in [-0.25, -0.2) is 4.79 Å².